The molecule has 0 aliphatic carbocycles. The zero-order valence-corrected chi connectivity index (χ0v) is 16.5. The summed E-state index contributed by atoms with van der Waals surface area (Å²) in [5.41, 5.74) is 6.71. The van der Waals surface area contributed by atoms with Crippen LogP contribution in [0.4, 0.5) is 11.6 Å². The molecule has 3 heterocycles. The molecule has 5 heteroatoms. The number of piperazine rings is 1. The number of hydrogen-bond acceptors (Lipinski definition) is 5. The van der Waals surface area contributed by atoms with Gasteiger partial charge in [-0.25, -0.2) is 9.97 Å². The van der Waals surface area contributed by atoms with E-state index in [1.807, 2.05) is 18.5 Å². The van der Waals surface area contributed by atoms with Crippen LogP contribution in [0.25, 0.3) is 0 Å². The standard InChI is InChI=1S/C21H28N4O/c1-14-15(2)19-17(13-21(4,5)26-19)16(3)18(14)24-9-11-25(12-10-24)20-22-7-6-8-23-20/h6-8H,9-13H2,1-5H3. The lowest BCUT2D eigenvalue weighted by molar-refractivity contribution is 0.137. The quantitative estimate of drug-likeness (QED) is 0.828. The molecular weight excluding hydrogens is 324 g/mol. The second kappa shape index (κ2) is 6.15. The van der Waals surface area contributed by atoms with Crippen LogP contribution in [0.15, 0.2) is 18.5 Å². The summed E-state index contributed by atoms with van der Waals surface area (Å²) in [4.78, 5) is 13.6. The third-order valence-electron chi connectivity index (χ3n) is 5.75. The van der Waals surface area contributed by atoms with E-state index in [4.69, 9.17) is 4.74 Å². The van der Waals surface area contributed by atoms with Crippen molar-refractivity contribution in [1.29, 1.82) is 0 Å². The highest BCUT2D eigenvalue weighted by molar-refractivity contribution is 5.70. The molecule has 1 aromatic carbocycles. The van der Waals surface area contributed by atoms with Crippen LogP contribution in [0.1, 0.15) is 36.1 Å². The van der Waals surface area contributed by atoms with E-state index in [1.54, 1.807) is 0 Å². The zero-order chi connectivity index (χ0) is 18.5. The largest absolute Gasteiger partial charge is 0.487 e. The maximum absolute atomic E-state index is 6.26. The molecule has 0 atom stereocenters. The van der Waals surface area contributed by atoms with Gasteiger partial charge in [0.1, 0.15) is 11.4 Å². The Labute approximate surface area is 156 Å². The molecule has 5 nitrogen and oxygen atoms in total. The zero-order valence-electron chi connectivity index (χ0n) is 16.5. The predicted molar refractivity (Wildman–Crippen MR) is 106 cm³/mol. The van der Waals surface area contributed by atoms with Crippen molar-refractivity contribution in [1.82, 2.24) is 9.97 Å². The maximum Gasteiger partial charge on any atom is 0.225 e. The fourth-order valence-corrected chi connectivity index (χ4v) is 4.32. The molecule has 2 aliphatic rings. The summed E-state index contributed by atoms with van der Waals surface area (Å²) in [6, 6.07) is 1.86. The van der Waals surface area contributed by atoms with Crippen molar-refractivity contribution >= 4 is 11.6 Å². The van der Waals surface area contributed by atoms with Gasteiger partial charge in [-0.1, -0.05) is 0 Å². The van der Waals surface area contributed by atoms with Gasteiger partial charge in [0.2, 0.25) is 5.95 Å². The first-order valence-corrected chi connectivity index (χ1v) is 9.46. The normalized spacial score (nSPS) is 18.7. The van der Waals surface area contributed by atoms with Crippen LogP contribution in [-0.4, -0.2) is 41.7 Å². The SMILES string of the molecule is Cc1c(C)c(N2CCN(c3ncccn3)CC2)c(C)c2c1OC(C)(C)C2. The van der Waals surface area contributed by atoms with Crippen molar-refractivity contribution in [2.45, 2.75) is 46.6 Å². The number of fused-ring (bicyclic) bond motifs is 1. The number of ether oxygens (including phenoxy) is 1. The minimum atomic E-state index is -0.105. The Morgan fingerprint density at radius 1 is 0.885 bits per heavy atom. The molecule has 0 unspecified atom stereocenters. The van der Waals surface area contributed by atoms with E-state index in [-0.39, 0.29) is 5.60 Å². The van der Waals surface area contributed by atoms with E-state index in [1.165, 1.54) is 27.9 Å². The number of aromatic nitrogens is 2. The average Bonchev–Trinajstić information content (AvgIpc) is 2.97. The van der Waals surface area contributed by atoms with Gasteiger partial charge in [0, 0.05) is 56.2 Å². The van der Waals surface area contributed by atoms with Crippen molar-refractivity contribution in [3.63, 3.8) is 0 Å². The van der Waals surface area contributed by atoms with Crippen LogP contribution in [0.5, 0.6) is 5.75 Å². The van der Waals surface area contributed by atoms with Crippen molar-refractivity contribution in [2.75, 3.05) is 36.0 Å². The minimum absolute atomic E-state index is 0.105. The monoisotopic (exact) mass is 352 g/mol. The fourth-order valence-electron chi connectivity index (χ4n) is 4.32. The van der Waals surface area contributed by atoms with Crippen molar-refractivity contribution < 1.29 is 4.74 Å². The summed E-state index contributed by atoms with van der Waals surface area (Å²) < 4.78 is 6.26. The summed E-state index contributed by atoms with van der Waals surface area (Å²) in [5.74, 6) is 1.95. The number of benzene rings is 1. The molecule has 1 aromatic heterocycles. The maximum atomic E-state index is 6.26. The molecule has 26 heavy (non-hydrogen) atoms. The average molecular weight is 352 g/mol. The summed E-state index contributed by atoms with van der Waals surface area (Å²) in [6.07, 6.45) is 4.61. The highest BCUT2D eigenvalue weighted by atomic mass is 16.5. The predicted octanol–water partition coefficient (Wildman–Crippen LogP) is 3.44. The van der Waals surface area contributed by atoms with Gasteiger partial charge in [-0.3, -0.25) is 0 Å². The molecule has 2 aliphatic heterocycles. The Morgan fingerprint density at radius 2 is 1.50 bits per heavy atom. The van der Waals surface area contributed by atoms with Gasteiger partial charge in [0.15, 0.2) is 0 Å². The third-order valence-corrected chi connectivity index (χ3v) is 5.75. The van der Waals surface area contributed by atoms with E-state index in [9.17, 15) is 0 Å². The topological polar surface area (TPSA) is 41.5 Å². The van der Waals surface area contributed by atoms with E-state index < -0.39 is 0 Å². The van der Waals surface area contributed by atoms with Gasteiger partial charge < -0.3 is 14.5 Å². The molecule has 2 aromatic rings. The van der Waals surface area contributed by atoms with Gasteiger partial charge in [-0.2, -0.15) is 0 Å². The number of rotatable bonds is 2. The van der Waals surface area contributed by atoms with Crippen LogP contribution in [0.2, 0.25) is 0 Å². The lowest BCUT2D eigenvalue weighted by atomic mass is 9.92. The van der Waals surface area contributed by atoms with Crippen molar-refractivity contribution in [3.8, 4) is 5.75 Å². The summed E-state index contributed by atoms with van der Waals surface area (Å²) >= 11 is 0. The van der Waals surface area contributed by atoms with Gasteiger partial charge in [0.25, 0.3) is 0 Å². The molecule has 0 saturated carbocycles. The van der Waals surface area contributed by atoms with E-state index in [0.717, 1.165) is 44.3 Å². The Hall–Kier alpha value is -2.30. The second-order valence-corrected chi connectivity index (χ2v) is 8.09. The highest BCUT2D eigenvalue weighted by Gasteiger charge is 2.35. The van der Waals surface area contributed by atoms with Crippen LogP contribution in [0.3, 0.4) is 0 Å². The Bertz CT molecular complexity index is 824. The van der Waals surface area contributed by atoms with Crippen LogP contribution in [0, 0.1) is 20.8 Å². The molecule has 0 N–H and O–H groups in total. The summed E-state index contributed by atoms with van der Waals surface area (Å²) in [5, 5.41) is 0. The Kier molecular flexibility index (Phi) is 4.05. The highest BCUT2D eigenvalue weighted by Crippen LogP contribution is 2.45. The molecule has 1 saturated heterocycles. The number of hydrogen-bond donors (Lipinski definition) is 0. The van der Waals surface area contributed by atoms with Gasteiger partial charge >= 0.3 is 0 Å². The molecule has 4 rings (SSSR count). The van der Waals surface area contributed by atoms with Gasteiger partial charge in [-0.15, -0.1) is 0 Å². The molecule has 0 bridgehead atoms. The first kappa shape index (κ1) is 17.1. The Balaban J connectivity index is 1.61. The van der Waals surface area contributed by atoms with Gasteiger partial charge in [-0.05, 0) is 57.4 Å². The van der Waals surface area contributed by atoms with E-state index >= 15 is 0 Å². The van der Waals surface area contributed by atoms with Gasteiger partial charge in [0.05, 0.1) is 0 Å². The molecule has 0 spiro atoms. The van der Waals surface area contributed by atoms with Crippen LogP contribution >= 0.6 is 0 Å². The smallest absolute Gasteiger partial charge is 0.225 e. The summed E-state index contributed by atoms with van der Waals surface area (Å²) in [7, 11) is 0. The van der Waals surface area contributed by atoms with Crippen LogP contribution in [-0.2, 0) is 6.42 Å². The summed E-state index contributed by atoms with van der Waals surface area (Å²) in [6.45, 7) is 14.9. The van der Waals surface area contributed by atoms with E-state index in [0.29, 0.717) is 0 Å². The van der Waals surface area contributed by atoms with Crippen molar-refractivity contribution in [2.24, 2.45) is 0 Å². The lowest BCUT2D eigenvalue weighted by Crippen LogP contribution is -2.47. The minimum Gasteiger partial charge on any atom is -0.487 e. The second-order valence-electron chi connectivity index (χ2n) is 8.09. The number of nitrogens with zero attached hydrogens (tertiary/aromatic N) is 4. The number of anilines is 2. The third kappa shape index (κ3) is 2.79. The van der Waals surface area contributed by atoms with Crippen LogP contribution < -0.4 is 14.5 Å². The first-order chi connectivity index (χ1) is 12.4. The van der Waals surface area contributed by atoms with Crippen molar-refractivity contribution in [3.05, 3.63) is 40.7 Å². The molecule has 1 fully saturated rings. The molecule has 138 valence electrons. The lowest BCUT2D eigenvalue weighted by Gasteiger charge is -2.38. The Morgan fingerprint density at radius 3 is 2.15 bits per heavy atom. The first-order valence-electron chi connectivity index (χ1n) is 9.46. The van der Waals surface area contributed by atoms with E-state index in [2.05, 4.69) is 54.4 Å². The molecule has 0 radical (unpaired) electrons. The molecular formula is C21H28N4O. The fraction of sp³-hybridized carbons (Fsp3) is 0.524. The molecule has 0 amide bonds.